The Morgan fingerprint density at radius 3 is 1.93 bits per heavy atom. The van der Waals surface area contributed by atoms with Crippen molar-refractivity contribution < 1.29 is 13.2 Å². The number of halogens is 3. The first-order valence-corrected chi connectivity index (χ1v) is 8.56. The van der Waals surface area contributed by atoms with Crippen molar-refractivity contribution in [2.24, 2.45) is 9.98 Å². The van der Waals surface area contributed by atoms with Crippen molar-refractivity contribution >= 4 is 33.6 Å². The SMILES string of the molecule is C/C(C/C(C)=N/c1ccc(C(F)(F)F)cc1)=N/c1ccc2ccccc2c1. The number of rotatable bonds is 4. The van der Waals surface area contributed by atoms with E-state index in [0.717, 1.165) is 40.0 Å². The Bertz CT molecular complexity index is 1000. The lowest BCUT2D eigenvalue weighted by molar-refractivity contribution is -0.137. The zero-order valence-corrected chi connectivity index (χ0v) is 15.1. The van der Waals surface area contributed by atoms with Crippen molar-refractivity contribution in [2.45, 2.75) is 26.4 Å². The topological polar surface area (TPSA) is 24.7 Å². The maximum Gasteiger partial charge on any atom is 0.416 e. The third-order valence-electron chi connectivity index (χ3n) is 4.08. The van der Waals surface area contributed by atoms with Crippen LogP contribution in [0.1, 0.15) is 25.8 Å². The van der Waals surface area contributed by atoms with Crippen molar-refractivity contribution in [3.05, 3.63) is 72.3 Å². The number of hydrogen-bond acceptors (Lipinski definition) is 2. The van der Waals surface area contributed by atoms with Gasteiger partial charge >= 0.3 is 6.18 Å². The van der Waals surface area contributed by atoms with E-state index in [1.165, 1.54) is 12.1 Å². The largest absolute Gasteiger partial charge is 0.416 e. The molecule has 2 nitrogen and oxygen atoms in total. The molecule has 138 valence electrons. The quantitative estimate of drug-likeness (QED) is 0.438. The molecule has 0 aromatic heterocycles. The maximum atomic E-state index is 12.6. The van der Waals surface area contributed by atoms with E-state index in [1.807, 2.05) is 50.2 Å². The second-order valence-corrected chi connectivity index (χ2v) is 6.45. The second-order valence-electron chi connectivity index (χ2n) is 6.45. The van der Waals surface area contributed by atoms with Gasteiger partial charge in [0.05, 0.1) is 16.9 Å². The molecule has 0 atom stereocenters. The molecule has 0 saturated heterocycles. The van der Waals surface area contributed by atoms with E-state index >= 15 is 0 Å². The third-order valence-corrected chi connectivity index (χ3v) is 4.08. The highest BCUT2D eigenvalue weighted by Gasteiger charge is 2.29. The van der Waals surface area contributed by atoms with Gasteiger partial charge in [-0.3, -0.25) is 9.98 Å². The van der Waals surface area contributed by atoms with Crippen LogP contribution >= 0.6 is 0 Å². The van der Waals surface area contributed by atoms with E-state index < -0.39 is 11.7 Å². The van der Waals surface area contributed by atoms with E-state index in [9.17, 15) is 13.2 Å². The van der Waals surface area contributed by atoms with Crippen molar-refractivity contribution in [2.75, 3.05) is 0 Å². The van der Waals surface area contributed by atoms with Gasteiger partial charge in [0.15, 0.2) is 0 Å². The van der Waals surface area contributed by atoms with Crippen LogP contribution in [0, 0.1) is 0 Å². The first-order valence-electron chi connectivity index (χ1n) is 8.56. The minimum atomic E-state index is -4.33. The monoisotopic (exact) mass is 368 g/mol. The summed E-state index contributed by atoms with van der Waals surface area (Å²) in [6, 6.07) is 19.0. The van der Waals surface area contributed by atoms with Crippen molar-refractivity contribution in [1.82, 2.24) is 0 Å². The van der Waals surface area contributed by atoms with E-state index in [1.54, 1.807) is 0 Å². The van der Waals surface area contributed by atoms with Gasteiger partial charge in [0.25, 0.3) is 0 Å². The van der Waals surface area contributed by atoms with Crippen LogP contribution in [0.25, 0.3) is 10.8 Å². The molecule has 0 spiro atoms. The zero-order chi connectivity index (χ0) is 19.4. The first-order chi connectivity index (χ1) is 12.8. The van der Waals surface area contributed by atoms with Crippen LogP contribution < -0.4 is 0 Å². The normalized spacial score (nSPS) is 13.2. The van der Waals surface area contributed by atoms with Gasteiger partial charge in [-0.2, -0.15) is 13.2 Å². The van der Waals surface area contributed by atoms with Crippen molar-refractivity contribution in [3.63, 3.8) is 0 Å². The summed E-state index contributed by atoms with van der Waals surface area (Å²) >= 11 is 0. The Labute approximate surface area is 156 Å². The third kappa shape index (κ3) is 5.03. The van der Waals surface area contributed by atoms with E-state index in [4.69, 9.17) is 0 Å². The lowest BCUT2D eigenvalue weighted by atomic mass is 10.1. The molecule has 0 heterocycles. The molecule has 0 aliphatic carbocycles. The summed E-state index contributed by atoms with van der Waals surface area (Å²) in [5.41, 5.74) is 2.37. The lowest BCUT2D eigenvalue weighted by Gasteiger charge is -2.06. The van der Waals surface area contributed by atoms with Gasteiger partial charge in [-0.05, 0) is 61.0 Å². The summed E-state index contributed by atoms with van der Waals surface area (Å²) in [7, 11) is 0. The molecule has 27 heavy (non-hydrogen) atoms. The molecule has 0 aliphatic heterocycles. The highest BCUT2D eigenvalue weighted by molar-refractivity contribution is 6.04. The average Bonchev–Trinajstić information content (AvgIpc) is 2.61. The van der Waals surface area contributed by atoms with Gasteiger partial charge in [-0.25, -0.2) is 0 Å². The summed E-state index contributed by atoms with van der Waals surface area (Å²) < 4.78 is 37.8. The molecular weight excluding hydrogens is 349 g/mol. The van der Waals surface area contributed by atoms with Gasteiger partial charge in [-0.1, -0.05) is 30.3 Å². The summed E-state index contributed by atoms with van der Waals surface area (Å²) in [5, 5.41) is 2.29. The van der Waals surface area contributed by atoms with Crippen molar-refractivity contribution in [1.29, 1.82) is 0 Å². The van der Waals surface area contributed by atoms with Crippen LogP contribution in [0.2, 0.25) is 0 Å². The average molecular weight is 368 g/mol. The minimum Gasteiger partial charge on any atom is -0.258 e. The number of nitrogens with zero attached hydrogens (tertiary/aromatic N) is 2. The lowest BCUT2D eigenvalue weighted by Crippen LogP contribution is -2.04. The Hall–Kier alpha value is -2.95. The fraction of sp³-hybridized carbons (Fsp3) is 0.182. The van der Waals surface area contributed by atoms with Gasteiger partial charge < -0.3 is 0 Å². The van der Waals surface area contributed by atoms with E-state index in [-0.39, 0.29) is 0 Å². The highest BCUT2D eigenvalue weighted by Crippen LogP contribution is 2.30. The highest BCUT2D eigenvalue weighted by atomic mass is 19.4. The molecule has 3 rings (SSSR count). The molecule has 0 aliphatic rings. The molecule has 3 aromatic rings. The standard InChI is InChI=1S/C22H19F3N2/c1-15(26-20-11-8-19(9-12-20)22(23,24)25)13-16(2)27-21-10-7-17-5-3-4-6-18(17)14-21/h3-12,14H,13H2,1-2H3/b26-15+,27-16-. The molecule has 0 saturated carbocycles. The summed E-state index contributed by atoms with van der Waals surface area (Å²) in [6.45, 7) is 3.76. The van der Waals surface area contributed by atoms with E-state index in [0.29, 0.717) is 12.1 Å². The number of alkyl halides is 3. The fourth-order valence-electron chi connectivity index (χ4n) is 2.86. The number of fused-ring (bicyclic) bond motifs is 1. The Morgan fingerprint density at radius 1 is 0.741 bits per heavy atom. The number of hydrogen-bond donors (Lipinski definition) is 0. The molecule has 5 heteroatoms. The van der Waals surface area contributed by atoms with E-state index in [2.05, 4.69) is 16.1 Å². The minimum absolute atomic E-state index is 0.499. The van der Waals surface area contributed by atoms with Crippen LogP contribution in [0.4, 0.5) is 24.5 Å². The Balaban J connectivity index is 1.72. The predicted octanol–water partition coefficient (Wildman–Crippen LogP) is 7.13. The first kappa shape index (κ1) is 18.8. The molecular formula is C22H19F3N2. The van der Waals surface area contributed by atoms with Crippen LogP contribution in [0.3, 0.4) is 0 Å². The molecule has 0 amide bonds. The molecule has 0 N–H and O–H groups in total. The van der Waals surface area contributed by atoms with Gasteiger partial charge in [0.1, 0.15) is 0 Å². The zero-order valence-electron chi connectivity index (χ0n) is 15.1. The fourth-order valence-corrected chi connectivity index (χ4v) is 2.86. The van der Waals surface area contributed by atoms with Crippen molar-refractivity contribution in [3.8, 4) is 0 Å². The van der Waals surface area contributed by atoms with Crippen LogP contribution in [0.15, 0.2) is 76.7 Å². The van der Waals surface area contributed by atoms with Gasteiger partial charge in [-0.15, -0.1) is 0 Å². The van der Waals surface area contributed by atoms with Crippen LogP contribution in [0.5, 0.6) is 0 Å². The van der Waals surface area contributed by atoms with Crippen LogP contribution in [-0.4, -0.2) is 11.4 Å². The molecule has 0 fully saturated rings. The molecule has 3 aromatic carbocycles. The maximum absolute atomic E-state index is 12.6. The Kier molecular flexibility index (Phi) is 5.40. The number of benzene rings is 3. The summed E-state index contributed by atoms with van der Waals surface area (Å²) in [4.78, 5) is 9.01. The van der Waals surface area contributed by atoms with Gasteiger partial charge in [0.2, 0.25) is 0 Å². The smallest absolute Gasteiger partial charge is 0.258 e. The Morgan fingerprint density at radius 2 is 1.30 bits per heavy atom. The molecule has 0 radical (unpaired) electrons. The van der Waals surface area contributed by atoms with Crippen LogP contribution in [-0.2, 0) is 6.18 Å². The number of aliphatic imine (C=N–C) groups is 2. The second kappa shape index (κ2) is 7.74. The molecule has 0 unspecified atom stereocenters. The summed E-state index contributed by atoms with van der Waals surface area (Å²) in [5.74, 6) is 0. The molecule has 0 bridgehead atoms. The predicted molar refractivity (Wildman–Crippen MR) is 106 cm³/mol. The van der Waals surface area contributed by atoms with Gasteiger partial charge in [0, 0.05) is 17.8 Å². The summed E-state index contributed by atoms with van der Waals surface area (Å²) in [6.07, 6.45) is -3.78.